The summed E-state index contributed by atoms with van der Waals surface area (Å²) < 4.78 is 5.51. The van der Waals surface area contributed by atoms with E-state index < -0.39 is 18.1 Å². The van der Waals surface area contributed by atoms with Gasteiger partial charge in [0.05, 0.1) is 12.5 Å². The summed E-state index contributed by atoms with van der Waals surface area (Å²) in [5.41, 5.74) is 5.18. The van der Waals surface area contributed by atoms with E-state index in [1.54, 1.807) is 0 Å². The predicted octanol–water partition coefficient (Wildman–Crippen LogP) is 0.498. The first-order chi connectivity index (χ1) is 8.74. The van der Waals surface area contributed by atoms with Gasteiger partial charge in [0.15, 0.2) is 0 Å². The minimum atomic E-state index is -0.924. The molecular formula is C13H24N2O4. The summed E-state index contributed by atoms with van der Waals surface area (Å²) in [5.74, 6) is -1.16. The van der Waals surface area contributed by atoms with Crippen LogP contribution in [-0.2, 0) is 14.3 Å². The molecule has 6 heteroatoms. The van der Waals surface area contributed by atoms with Gasteiger partial charge in [-0.1, -0.05) is 20.8 Å². The van der Waals surface area contributed by atoms with Crippen LogP contribution in [0.5, 0.6) is 0 Å². The lowest BCUT2D eigenvalue weighted by atomic mass is 9.84. The Morgan fingerprint density at radius 2 is 2.05 bits per heavy atom. The fraction of sp³-hybridized carbons (Fsp3) is 0.846. The molecule has 1 heterocycles. The Balaban J connectivity index is 2.59. The van der Waals surface area contributed by atoms with Gasteiger partial charge in [0, 0.05) is 12.6 Å². The quantitative estimate of drug-likeness (QED) is 0.676. The number of hydrogen-bond acceptors (Lipinski definition) is 4. The van der Waals surface area contributed by atoms with Crippen molar-refractivity contribution < 1.29 is 19.4 Å². The summed E-state index contributed by atoms with van der Waals surface area (Å²) in [5, 5.41) is 11.7. The van der Waals surface area contributed by atoms with Crippen molar-refractivity contribution in [1.29, 1.82) is 0 Å². The van der Waals surface area contributed by atoms with Crippen LogP contribution in [0.1, 0.15) is 40.0 Å². The summed E-state index contributed by atoms with van der Waals surface area (Å²) in [6.07, 6.45) is 0.740. The van der Waals surface area contributed by atoms with E-state index >= 15 is 0 Å². The van der Waals surface area contributed by atoms with Gasteiger partial charge < -0.3 is 20.9 Å². The molecule has 3 unspecified atom stereocenters. The molecule has 0 aromatic heterocycles. The molecule has 0 bridgehead atoms. The third-order valence-electron chi connectivity index (χ3n) is 3.40. The molecule has 3 atom stereocenters. The summed E-state index contributed by atoms with van der Waals surface area (Å²) in [6, 6.07) is -0.418. The van der Waals surface area contributed by atoms with Crippen LogP contribution >= 0.6 is 0 Å². The second-order valence-electron chi connectivity index (χ2n) is 6.08. The van der Waals surface area contributed by atoms with Crippen molar-refractivity contribution in [2.75, 3.05) is 6.54 Å². The number of carbonyl (C=O) groups excluding carboxylic acids is 1. The molecule has 1 rings (SSSR count). The van der Waals surface area contributed by atoms with E-state index in [0.717, 1.165) is 6.42 Å². The highest BCUT2D eigenvalue weighted by atomic mass is 16.5. The number of nitrogens with one attached hydrogen (secondary N) is 1. The van der Waals surface area contributed by atoms with Crippen LogP contribution in [0.25, 0.3) is 0 Å². The molecular weight excluding hydrogens is 248 g/mol. The lowest BCUT2D eigenvalue weighted by molar-refractivity contribution is -0.139. The van der Waals surface area contributed by atoms with E-state index in [0.29, 0.717) is 13.0 Å². The second kappa shape index (κ2) is 6.34. The number of amides is 1. The third kappa shape index (κ3) is 4.80. The minimum absolute atomic E-state index is 0.0664. The first-order valence-electron chi connectivity index (χ1n) is 6.61. The highest BCUT2D eigenvalue weighted by molar-refractivity contribution is 5.82. The van der Waals surface area contributed by atoms with Gasteiger partial charge in [-0.15, -0.1) is 0 Å². The normalized spacial score (nSPS) is 25.1. The maximum Gasteiger partial charge on any atom is 0.305 e. The molecule has 0 radical (unpaired) electrons. The highest BCUT2D eigenvalue weighted by Gasteiger charge is 2.34. The highest BCUT2D eigenvalue weighted by Crippen LogP contribution is 2.24. The van der Waals surface area contributed by atoms with Crippen LogP contribution in [0, 0.1) is 5.41 Å². The summed E-state index contributed by atoms with van der Waals surface area (Å²) in [6.45, 7) is 6.11. The summed E-state index contributed by atoms with van der Waals surface area (Å²) >= 11 is 0. The molecule has 1 saturated heterocycles. The van der Waals surface area contributed by atoms with Crippen LogP contribution in [0.4, 0.5) is 0 Å². The van der Waals surface area contributed by atoms with Gasteiger partial charge in [-0.3, -0.25) is 9.59 Å². The summed E-state index contributed by atoms with van der Waals surface area (Å²) in [7, 11) is 0. The van der Waals surface area contributed by atoms with Crippen LogP contribution in [0.2, 0.25) is 0 Å². The topological polar surface area (TPSA) is 102 Å². The zero-order chi connectivity index (χ0) is 14.6. The number of carboxylic acids is 1. The van der Waals surface area contributed by atoms with Crippen molar-refractivity contribution in [3.63, 3.8) is 0 Å². The van der Waals surface area contributed by atoms with Crippen molar-refractivity contribution in [1.82, 2.24) is 5.32 Å². The molecule has 0 aliphatic carbocycles. The van der Waals surface area contributed by atoms with Crippen molar-refractivity contribution in [3.8, 4) is 0 Å². The van der Waals surface area contributed by atoms with Crippen LogP contribution in [-0.4, -0.2) is 41.8 Å². The van der Waals surface area contributed by atoms with E-state index in [2.05, 4.69) is 5.32 Å². The standard InChI is InChI=1S/C13H24N2O4/c1-13(2,3)10(6-11(16)17)15-12(18)9-5-4-8(7-14)19-9/h8-10H,4-7,14H2,1-3H3,(H,15,18)(H,16,17). The van der Waals surface area contributed by atoms with E-state index in [1.807, 2.05) is 20.8 Å². The van der Waals surface area contributed by atoms with Gasteiger partial charge in [-0.2, -0.15) is 0 Å². The molecule has 1 fully saturated rings. The van der Waals surface area contributed by atoms with Gasteiger partial charge in [0.1, 0.15) is 6.10 Å². The molecule has 1 amide bonds. The third-order valence-corrected chi connectivity index (χ3v) is 3.40. The van der Waals surface area contributed by atoms with Crippen molar-refractivity contribution in [3.05, 3.63) is 0 Å². The molecule has 6 nitrogen and oxygen atoms in total. The van der Waals surface area contributed by atoms with Gasteiger partial charge in [0.25, 0.3) is 0 Å². The molecule has 1 aliphatic heterocycles. The Morgan fingerprint density at radius 3 is 2.47 bits per heavy atom. The van der Waals surface area contributed by atoms with Gasteiger partial charge in [-0.25, -0.2) is 0 Å². The van der Waals surface area contributed by atoms with E-state index in [9.17, 15) is 9.59 Å². The molecule has 1 aliphatic rings. The predicted molar refractivity (Wildman–Crippen MR) is 70.6 cm³/mol. The van der Waals surface area contributed by atoms with E-state index in [-0.39, 0.29) is 23.8 Å². The van der Waals surface area contributed by atoms with Crippen molar-refractivity contribution in [2.45, 2.75) is 58.3 Å². The first kappa shape index (κ1) is 15.9. The number of carboxylic acid groups (broad SMARTS) is 1. The Kier molecular flexibility index (Phi) is 5.31. The Labute approximate surface area is 113 Å². The fourth-order valence-electron chi connectivity index (χ4n) is 2.08. The van der Waals surface area contributed by atoms with Crippen LogP contribution in [0.15, 0.2) is 0 Å². The molecule has 4 N–H and O–H groups in total. The Morgan fingerprint density at radius 1 is 1.42 bits per heavy atom. The largest absolute Gasteiger partial charge is 0.481 e. The summed E-state index contributed by atoms with van der Waals surface area (Å²) in [4.78, 5) is 22.9. The first-order valence-corrected chi connectivity index (χ1v) is 6.61. The molecule has 110 valence electrons. The van der Waals surface area contributed by atoms with Gasteiger partial charge >= 0.3 is 5.97 Å². The molecule has 0 aromatic carbocycles. The lowest BCUT2D eigenvalue weighted by Gasteiger charge is -2.31. The number of nitrogens with two attached hydrogens (primary N) is 1. The monoisotopic (exact) mass is 272 g/mol. The lowest BCUT2D eigenvalue weighted by Crippen LogP contribution is -2.48. The smallest absolute Gasteiger partial charge is 0.305 e. The number of carbonyl (C=O) groups is 2. The average molecular weight is 272 g/mol. The maximum absolute atomic E-state index is 12.1. The number of aliphatic carboxylic acids is 1. The Bertz CT molecular complexity index is 338. The number of ether oxygens (including phenoxy) is 1. The zero-order valence-corrected chi connectivity index (χ0v) is 11.8. The van der Waals surface area contributed by atoms with E-state index in [1.165, 1.54) is 0 Å². The number of hydrogen-bond donors (Lipinski definition) is 3. The van der Waals surface area contributed by atoms with Crippen molar-refractivity contribution in [2.24, 2.45) is 11.1 Å². The number of rotatable bonds is 5. The van der Waals surface area contributed by atoms with Crippen molar-refractivity contribution >= 4 is 11.9 Å². The van der Waals surface area contributed by atoms with Crippen LogP contribution in [0.3, 0.4) is 0 Å². The van der Waals surface area contributed by atoms with Crippen LogP contribution < -0.4 is 11.1 Å². The second-order valence-corrected chi connectivity index (χ2v) is 6.08. The molecule has 0 saturated carbocycles. The minimum Gasteiger partial charge on any atom is -0.481 e. The fourth-order valence-corrected chi connectivity index (χ4v) is 2.08. The van der Waals surface area contributed by atoms with Gasteiger partial charge in [0.2, 0.25) is 5.91 Å². The SMILES string of the molecule is CC(C)(C)C(CC(=O)O)NC(=O)C1CCC(CN)O1. The molecule has 19 heavy (non-hydrogen) atoms. The average Bonchev–Trinajstić information content (AvgIpc) is 2.74. The van der Waals surface area contributed by atoms with E-state index in [4.69, 9.17) is 15.6 Å². The van der Waals surface area contributed by atoms with Gasteiger partial charge in [-0.05, 0) is 18.3 Å². The molecule has 0 aromatic rings. The zero-order valence-electron chi connectivity index (χ0n) is 11.8. The Hall–Kier alpha value is -1.14. The maximum atomic E-state index is 12.1. The molecule has 0 spiro atoms.